The minimum Gasteiger partial charge on any atom is -0.506 e. The number of aryl methyl sites for hydroxylation is 1. The van der Waals surface area contributed by atoms with Crippen LogP contribution in [0.1, 0.15) is 49.3 Å². The predicted molar refractivity (Wildman–Crippen MR) is 104 cm³/mol. The Hall–Kier alpha value is -1.78. The van der Waals surface area contributed by atoms with E-state index in [2.05, 4.69) is 10.3 Å². The van der Waals surface area contributed by atoms with Crippen molar-refractivity contribution < 1.29 is 9.90 Å². The van der Waals surface area contributed by atoms with Gasteiger partial charge in [0.05, 0.1) is 6.20 Å². The number of hydrogen-bond donors (Lipinski definition) is 2. The molecule has 138 valence electrons. The maximum atomic E-state index is 12.2. The average molecular weight is 393 g/mol. The van der Waals surface area contributed by atoms with Crippen LogP contribution in [0.15, 0.2) is 36.5 Å². The number of amides is 1. The summed E-state index contributed by atoms with van der Waals surface area (Å²) in [5.41, 5.74) is 1.96. The van der Waals surface area contributed by atoms with Crippen LogP contribution in [-0.4, -0.2) is 22.0 Å². The van der Waals surface area contributed by atoms with Gasteiger partial charge in [-0.3, -0.25) is 9.78 Å². The van der Waals surface area contributed by atoms with Gasteiger partial charge in [0.15, 0.2) is 0 Å². The van der Waals surface area contributed by atoms with Crippen molar-refractivity contribution in [1.82, 2.24) is 10.3 Å². The molecule has 2 aromatic rings. The molecule has 1 aliphatic carbocycles. The molecule has 3 rings (SSSR count). The van der Waals surface area contributed by atoms with Crippen molar-refractivity contribution in [3.8, 4) is 5.75 Å². The van der Waals surface area contributed by atoms with Crippen LogP contribution in [0.25, 0.3) is 0 Å². The number of benzene rings is 1. The molecule has 2 N–H and O–H groups in total. The molecule has 1 fully saturated rings. The first-order chi connectivity index (χ1) is 12.5. The van der Waals surface area contributed by atoms with Crippen molar-refractivity contribution in [1.29, 1.82) is 0 Å². The number of hydrogen-bond acceptors (Lipinski definition) is 3. The van der Waals surface area contributed by atoms with Gasteiger partial charge in [0.2, 0.25) is 5.91 Å². The second-order valence-electron chi connectivity index (χ2n) is 6.79. The molecular formula is C20H22Cl2N2O2. The highest BCUT2D eigenvalue weighted by Crippen LogP contribution is 2.32. The topological polar surface area (TPSA) is 62.2 Å². The van der Waals surface area contributed by atoms with E-state index in [1.54, 1.807) is 18.2 Å². The van der Waals surface area contributed by atoms with E-state index < -0.39 is 0 Å². The highest BCUT2D eigenvalue weighted by Gasteiger charge is 2.24. The van der Waals surface area contributed by atoms with E-state index in [4.69, 9.17) is 23.2 Å². The van der Waals surface area contributed by atoms with Crippen LogP contribution in [-0.2, 0) is 11.2 Å². The zero-order valence-electron chi connectivity index (χ0n) is 14.4. The maximum absolute atomic E-state index is 12.2. The largest absolute Gasteiger partial charge is 0.506 e. The molecule has 0 bridgehead atoms. The third kappa shape index (κ3) is 5.12. The van der Waals surface area contributed by atoms with E-state index in [0.29, 0.717) is 28.8 Å². The predicted octanol–water partition coefficient (Wildman–Crippen LogP) is 4.87. The number of pyridine rings is 1. The molecule has 0 aliphatic heterocycles. The number of aromatic hydroxyl groups is 1. The molecule has 1 amide bonds. The van der Waals surface area contributed by atoms with E-state index in [0.717, 1.165) is 36.9 Å². The highest BCUT2D eigenvalue weighted by molar-refractivity contribution is 6.35. The summed E-state index contributed by atoms with van der Waals surface area (Å²) in [6.07, 6.45) is 6.39. The molecule has 0 saturated heterocycles. The number of carbonyl (C=O) groups excluding carboxylic acids is 1. The fourth-order valence-corrected chi connectivity index (χ4v) is 3.95. The molecule has 0 spiro atoms. The minimum atomic E-state index is 0.0576. The number of nitrogens with one attached hydrogen (secondary N) is 1. The maximum Gasteiger partial charge on any atom is 0.220 e. The van der Waals surface area contributed by atoms with Gasteiger partial charge in [0, 0.05) is 34.1 Å². The molecule has 1 saturated carbocycles. The first-order valence-corrected chi connectivity index (χ1v) is 9.65. The molecule has 4 nitrogen and oxygen atoms in total. The molecule has 1 aliphatic rings. The second-order valence-corrected chi connectivity index (χ2v) is 7.64. The first-order valence-electron chi connectivity index (χ1n) is 8.89. The van der Waals surface area contributed by atoms with Gasteiger partial charge in [-0.15, -0.1) is 0 Å². The van der Waals surface area contributed by atoms with Gasteiger partial charge < -0.3 is 10.4 Å². The minimum absolute atomic E-state index is 0.0576. The lowest BCUT2D eigenvalue weighted by molar-refractivity contribution is -0.122. The Morgan fingerprint density at radius 2 is 1.92 bits per heavy atom. The quantitative estimate of drug-likeness (QED) is 0.762. The molecule has 0 radical (unpaired) electrons. The fraction of sp³-hybridized carbons (Fsp3) is 0.400. The van der Waals surface area contributed by atoms with Crippen LogP contribution >= 0.6 is 23.2 Å². The average Bonchev–Trinajstić information content (AvgIpc) is 2.62. The van der Waals surface area contributed by atoms with Gasteiger partial charge in [-0.05, 0) is 61.9 Å². The molecule has 0 atom stereocenters. The Kier molecular flexibility index (Phi) is 6.38. The lowest BCUT2D eigenvalue weighted by Crippen LogP contribution is -2.37. The summed E-state index contributed by atoms with van der Waals surface area (Å²) in [6, 6.07) is 9.14. The molecule has 6 heteroatoms. The third-order valence-corrected chi connectivity index (χ3v) is 5.50. The second kappa shape index (κ2) is 8.74. The van der Waals surface area contributed by atoms with Crippen molar-refractivity contribution in [2.24, 2.45) is 0 Å². The summed E-state index contributed by atoms with van der Waals surface area (Å²) in [4.78, 5) is 16.5. The Bertz CT molecular complexity index is 757. The summed E-state index contributed by atoms with van der Waals surface area (Å²) in [7, 11) is 0. The smallest absolute Gasteiger partial charge is 0.220 e. The molecule has 1 aromatic carbocycles. The molecule has 0 unspecified atom stereocenters. The summed E-state index contributed by atoms with van der Waals surface area (Å²) < 4.78 is 0. The highest BCUT2D eigenvalue weighted by atomic mass is 35.5. The van der Waals surface area contributed by atoms with Gasteiger partial charge in [-0.2, -0.15) is 0 Å². The van der Waals surface area contributed by atoms with Gasteiger partial charge in [0.1, 0.15) is 5.75 Å². The monoisotopic (exact) mass is 392 g/mol. The molecule has 1 heterocycles. The lowest BCUT2D eigenvalue weighted by atomic mass is 9.84. The summed E-state index contributed by atoms with van der Waals surface area (Å²) in [5.74, 6) is 0.648. The van der Waals surface area contributed by atoms with Crippen molar-refractivity contribution >= 4 is 29.1 Å². The molecular weight excluding hydrogens is 371 g/mol. The van der Waals surface area contributed by atoms with E-state index >= 15 is 0 Å². The molecule has 26 heavy (non-hydrogen) atoms. The normalized spacial score (nSPS) is 19.9. The summed E-state index contributed by atoms with van der Waals surface area (Å²) in [6.45, 7) is 0. The van der Waals surface area contributed by atoms with E-state index in [1.165, 1.54) is 6.20 Å². The Morgan fingerprint density at radius 3 is 2.58 bits per heavy atom. The molecule has 1 aromatic heterocycles. The van der Waals surface area contributed by atoms with Crippen molar-refractivity contribution in [2.75, 3.05) is 0 Å². The van der Waals surface area contributed by atoms with Crippen molar-refractivity contribution in [3.63, 3.8) is 0 Å². The SMILES string of the molecule is O=C(CCc1ccc(Cl)cc1Cl)N[C@H]1CC[C@H](c2ccc(O)cn2)CC1. The Labute approximate surface area is 163 Å². The van der Waals surface area contributed by atoms with E-state index in [-0.39, 0.29) is 17.7 Å². The van der Waals surface area contributed by atoms with Crippen LogP contribution in [0.3, 0.4) is 0 Å². The van der Waals surface area contributed by atoms with Crippen molar-refractivity contribution in [2.45, 2.75) is 50.5 Å². The van der Waals surface area contributed by atoms with Crippen molar-refractivity contribution in [3.05, 3.63) is 57.8 Å². The number of halogens is 2. The first kappa shape index (κ1) is 19.0. The van der Waals surface area contributed by atoms with Gasteiger partial charge in [-0.25, -0.2) is 0 Å². The number of nitrogens with zero attached hydrogens (tertiary/aromatic N) is 1. The number of aromatic nitrogens is 1. The van der Waals surface area contributed by atoms with Gasteiger partial charge >= 0.3 is 0 Å². The van der Waals surface area contributed by atoms with Crippen LogP contribution in [0.2, 0.25) is 10.0 Å². The van der Waals surface area contributed by atoms with Crippen LogP contribution in [0, 0.1) is 0 Å². The van der Waals surface area contributed by atoms with Gasteiger partial charge in [-0.1, -0.05) is 29.3 Å². The zero-order chi connectivity index (χ0) is 18.5. The van der Waals surface area contributed by atoms with E-state index in [1.807, 2.05) is 12.1 Å². The van der Waals surface area contributed by atoms with Crippen LogP contribution < -0.4 is 5.32 Å². The third-order valence-electron chi connectivity index (χ3n) is 4.92. The summed E-state index contributed by atoms with van der Waals surface area (Å²) >= 11 is 12.0. The number of carbonyl (C=O) groups is 1. The van der Waals surface area contributed by atoms with Crippen LogP contribution in [0.4, 0.5) is 0 Å². The van der Waals surface area contributed by atoms with E-state index in [9.17, 15) is 9.90 Å². The standard InChI is InChI=1S/C20H22Cl2N2O2/c21-15-5-1-13(18(22)11-15)4-10-20(26)24-16-6-2-14(3-7-16)19-9-8-17(25)12-23-19/h1,5,8-9,11-12,14,16,25H,2-4,6-7,10H2,(H,24,26)/t14-,16-. The Balaban J connectivity index is 1.43. The summed E-state index contributed by atoms with van der Waals surface area (Å²) in [5, 5.41) is 13.7. The van der Waals surface area contributed by atoms with Gasteiger partial charge in [0.25, 0.3) is 0 Å². The number of rotatable bonds is 5. The lowest BCUT2D eigenvalue weighted by Gasteiger charge is -2.28. The Morgan fingerprint density at radius 1 is 1.15 bits per heavy atom. The fourth-order valence-electron chi connectivity index (χ4n) is 3.44. The van der Waals surface area contributed by atoms with Crippen LogP contribution in [0.5, 0.6) is 5.75 Å². The zero-order valence-corrected chi connectivity index (χ0v) is 15.9.